The maximum Gasteiger partial charge on any atom is 0.163 e. The average molecular weight is 271 g/mol. The molecule has 1 aliphatic rings. The maximum atomic E-state index is 12.3. The van der Waals surface area contributed by atoms with Crippen molar-refractivity contribution < 1.29 is 4.79 Å². The van der Waals surface area contributed by atoms with Gasteiger partial charge in [0.25, 0.3) is 0 Å². The average Bonchev–Trinajstić information content (AvgIpc) is 2.48. The monoisotopic (exact) mass is 271 g/mol. The molecule has 98 valence electrons. The predicted molar refractivity (Wildman–Crippen MR) is 80.7 cm³/mol. The molecule has 0 bridgehead atoms. The Balaban J connectivity index is 1.77. The van der Waals surface area contributed by atoms with Crippen LogP contribution in [0.25, 0.3) is 10.9 Å². The quantitative estimate of drug-likeness (QED) is 0.792. The van der Waals surface area contributed by atoms with Crippen LogP contribution in [0.15, 0.2) is 36.5 Å². The van der Waals surface area contributed by atoms with E-state index in [-0.39, 0.29) is 5.78 Å². The Morgan fingerprint density at radius 3 is 2.95 bits per heavy atom. The third kappa shape index (κ3) is 2.98. The Hall–Kier alpha value is -1.35. The van der Waals surface area contributed by atoms with E-state index in [0.717, 1.165) is 16.5 Å². The van der Waals surface area contributed by atoms with E-state index in [1.807, 2.05) is 42.1 Å². The zero-order valence-corrected chi connectivity index (χ0v) is 11.7. The zero-order valence-electron chi connectivity index (χ0n) is 10.8. The molecule has 1 aliphatic heterocycles. The minimum absolute atomic E-state index is 0.268. The Kier molecular flexibility index (Phi) is 3.83. The molecule has 1 saturated heterocycles. The van der Waals surface area contributed by atoms with Crippen LogP contribution in [0.1, 0.15) is 29.6 Å². The van der Waals surface area contributed by atoms with Crippen LogP contribution in [0.3, 0.4) is 0 Å². The standard InChI is InChI=1S/C16H17NOS/c18-16(10-12-5-8-19-9-6-12)14-4-3-13-2-1-7-17-15(13)11-14/h1-4,7,11-12H,5-6,8-10H2. The second-order valence-electron chi connectivity index (χ2n) is 5.09. The summed E-state index contributed by atoms with van der Waals surface area (Å²) in [5.41, 5.74) is 1.72. The van der Waals surface area contributed by atoms with Gasteiger partial charge >= 0.3 is 0 Å². The summed E-state index contributed by atoms with van der Waals surface area (Å²) in [5.74, 6) is 3.26. The Bertz CT molecular complexity index is 590. The minimum Gasteiger partial charge on any atom is -0.294 e. The maximum absolute atomic E-state index is 12.3. The first-order valence-electron chi connectivity index (χ1n) is 6.78. The van der Waals surface area contributed by atoms with Crippen molar-refractivity contribution in [2.45, 2.75) is 19.3 Å². The molecule has 0 spiro atoms. The molecule has 0 radical (unpaired) electrons. The lowest BCUT2D eigenvalue weighted by molar-refractivity contribution is 0.0959. The molecule has 0 saturated carbocycles. The summed E-state index contributed by atoms with van der Waals surface area (Å²) in [6.45, 7) is 0. The molecular formula is C16H17NOS. The van der Waals surface area contributed by atoms with Crippen molar-refractivity contribution in [2.24, 2.45) is 5.92 Å². The number of thioether (sulfide) groups is 1. The first-order valence-corrected chi connectivity index (χ1v) is 7.94. The van der Waals surface area contributed by atoms with Gasteiger partial charge in [-0.1, -0.05) is 18.2 Å². The fraction of sp³-hybridized carbons (Fsp3) is 0.375. The summed E-state index contributed by atoms with van der Waals surface area (Å²) in [4.78, 5) is 16.6. The fourth-order valence-electron chi connectivity index (χ4n) is 2.57. The van der Waals surface area contributed by atoms with Gasteiger partial charge in [0.1, 0.15) is 0 Å². The van der Waals surface area contributed by atoms with Crippen LogP contribution < -0.4 is 0 Å². The number of rotatable bonds is 3. The van der Waals surface area contributed by atoms with E-state index in [0.29, 0.717) is 12.3 Å². The predicted octanol–water partition coefficient (Wildman–Crippen LogP) is 3.95. The van der Waals surface area contributed by atoms with Crippen molar-refractivity contribution >= 4 is 28.4 Å². The second kappa shape index (κ2) is 5.74. The van der Waals surface area contributed by atoms with Crippen molar-refractivity contribution in [2.75, 3.05) is 11.5 Å². The molecule has 0 N–H and O–H groups in total. The highest BCUT2D eigenvalue weighted by Crippen LogP contribution is 2.27. The van der Waals surface area contributed by atoms with Gasteiger partial charge < -0.3 is 0 Å². The number of nitrogens with zero attached hydrogens (tertiary/aromatic N) is 1. The van der Waals surface area contributed by atoms with E-state index < -0.39 is 0 Å². The number of ketones is 1. The molecule has 0 amide bonds. The largest absolute Gasteiger partial charge is 0.294 e. The van der Waals surface area contributed by atoms with Crippen molar-refractivity contribution in [1.82, 2.24) is 4.98 Å². The fourth-order valence-corrected chi connectivity index (χ4v) is 3.77. The van der Waals surface area contributed by atoms with Crippen LogP contribution in [-0.4, -0.2) is 22.3 Å². The Morgan fingerprint density at radius 1 is 1.26 bits per heavy atom. The summed E-state index contributed by atoms with van der Waals surface area (Å²) in [7, 11) is 0. The third-order valence-electron chi connectivity index (χ3n) is 3.74. The summed E-state index contributed by atoms with van der Waals surface area (Å²) in [5, 5.41) is 1.09. The van der Waals surface area contributed by atoms with E-state index in [1.165, 1.54) is 24.3 Å². The van der Waals surface area contributed by atoms with Gasteiger partial charge in [0.15, 0.2) is 5.78 Å². The van der Waals surface area contributed by atoms with Crippen LogP contribution in [0.2, 0.25) is 0 Å². The minimum atomic E-state index is 0.268. The number of carbonyl (C=O) groups is 1. The summed E-state index contributed by atoms with van der Waals surface area (Å²) < 4.78 is 0. The van der Waals surface area contributed by atoms with E-state index in [1.54, 1.807) is 6.20 Å². The molecule has 1 aromatic carbocycles. The van der Waals surface area contributed by atoms with E-state index in [4.69, 9.17) is 0 Å². The lowest BCUT2D eigenvalue weighted by atomic mass is 9.93. The summed E-state index contributed by atoms with van der Waals surface area (Å²) in [6.07, 6.45) is 4.83. The van der Waals surface area contributed by atoms with Gasteiger partial charge in [-0.3, -0.25) is 9.78 Å². The number of pyridine rings is 1. The first kappa shape index (κ1) is 12.7. The number of hydrogen-bond donors (Lipinski definition) is 0. The van der Waals surface area contributed by atoms with Crippen molar-refractivity contribution in [1.29, 1.82) is 0 Å². The Labute approximate surface area is 117 Å². The van der Waals surface area contributed by atoms with E-state index in [2.05, 4.69) is 4.98 Å². The molecular weight excluding hydrogens is 254 g/mol. The molecule has 0 unspecified atom stereocenters. The number of fused-ring (bicyclic) bond motifs is 1. The summed E-state index contributed by atoms with van der Waals surface area (Å²) in [6, 6.07) is 9.80. The van der Waals surface area contributed by atoms with Crippen LogP contribution in [0, 0.1) is 5.92 Å². The molecule has 2 heterocycles. The van der Waals surface area contributed by atoms with Gasteiger partial charge in [-0.25, -0.2) is 0 Å². The smallest absolute Gasteiger partial charge is 0.163 e. The molecule has 0 atom stereocenters. The molecule has 1 aromatic heterocycles. The normalized spacial score (nSPS) is 16.6. The van der Waals surface area contributed by atoms with Crippen LogP contribution in [0.4, 0.5) is 0 Å². The molecule has 19 heavy (non-hydrogen) atoms. The SMILES string of the molecule is O=C(CC1CCSCC1)c1ccc2cccnc2c1. The van der Waals surface area contributed by atoms with Crippen molar-refractivity contribution in [3.8, 4) is 0 Å². The molecule has 2 nitrogen and oxygen atoms in total. The number of aromatic nitrogens is 1. The highest BCUT2D eigenvalue weighted by atomic mass is 32.2. The van der Waals surface area contributed by atoms with Crippen molar-refractivity contribution in [3.05, 3.63) is 42.1 Å². The lowest BCUT2D eigenvalue weighted by Crippen LogP contribution is -2.14. The molecule has 3 heteroatoms. The van der Waals surface area contributed by atoms with E-state index >= 15 is 0 Å². The van der Waals surface area contributed by atoms with Crippen LogP contribution in [0.5, 0.6) is 0 Å². The van der Waals surface area contributed by atoms with Gasteiger partial charge in [0, 0.05) is 23.6 Å². The number of Topliss-reactive ketones (excluding diaryl/α,β-unsaturated/α-hetero) is 1. The Morgan fingerprint density at radius 2 is 2.11 bits per heavy atom. The summed E-state index contributed by atoms with van der Waals surface area (Å²) >= 11 is 2.00. The van der Waals surface area contributed by atoms with Gasteiger partial charge in [0.2, 0.25) is 0 Å². The molecule has 3 rings (SSSR count). The molecule has 0 aliphatic carbocycles. The van der Waals surface area contributed by atoms with E-state index in [9.17, 15) is 4.79 Å². The van der Waals surface area contributed by atoms with Gasteiger partial charge in [-0.05, 0) is 42.4 Å². The highest BCUT2D eigenvalue weighted by Gasteiger charge is 2.18. The molecule has 1 fully saturated rings. The lowest BCUT2D eigenvalue weighted by Gasteiger charge is -2.20. The first-order chi connectivity index (χ1) is 9.33. The number of carbonyl (C=O) groups excluding carboxylic acids is 1. The number of benzene rings is 1. The second-order valence-corrected chi connectivity index (χ2v) is 6.32. The van der Waals surface area contributed by atoms with Gasteiger partial charge in [0.05, 0.1) is 5.52 Å². The van der Waals surface area contributed by atoms with Crippen LogP contribution in [-0.2, 0) is 0 Å². The van der Waals surface area contributed by atoms with Crippen LogP contribution >= 0.6 is 11.8 Å². The molecule has 2 aromatic rings. The highest BCUT2D eigenvalue weighted by molar-refractivity contribution is 7.99. The third-order valence-corrected chi connectivity index (χ3v) is 4.79. The number of hydrogen-bond acceptors (Lipinski definition) is 3. The topological polar surface area (TPSA) is 30.0 Å². The van der Waals surface area contributed by atoms with Gasteiger partial charge in [-0.2, -0.15) is 11.8 Å². The van der Waals surface area contributed by atoms with Gasteiger partial charge in [-0.15, -0.1) is 0 Å². The zero-order chi connectivity index (χ0) is 13.1. The van der Waals surface area contributed by atoms with Crippen molar-refractivity contribution in [3.63, 3.8) is 0 Å².